The number of carbonyl (C=O) groups excluding carboxylic acids is 1. The fourth-order valence-corrected chi connectivity index (χ4v) is 2.84. The van der Waals surface area contributed by atoms with Crippen LogP contribution in [0.4, 0.5) is 5.13 Å². The van der Waals surface area contributed by atoms with E-state index in [2.05, 4.69) is 15.3 Å². The first-order chi connectivity index (χ1) is 11.0. The average molecular weight is 346 g/mol. The van der Waals surface area contributed by atoms with Crippen molar-refractivity contribution in [2.24, 2.45) is 0 Å². The van der Waals surface area contributed by atoms with E-state index < -0.39 is 11.5 Å². The van der Waals surface area contributed by atoms with Crippen LogP contribution in [0, 0.1) is 6.92 Å². The van der Waals surface area contributed by atoms with E-state index in [-0.39, 0.29) is 5.56 Å². The maximum Gasteiger partial charge on any atom is 0.263 e. The van der Waals surface area contributed by atoms with Crippen molar-refractivity contribution in [3.63, 3.8) is 0 Å². The summed E-state index contributed by atoms with van der Waals surface area (Å²) in [4.78, 5) is 30.9. The quantitative estimate of drug-likeness (QED) is 0.759. The van der Waals surface area contributed by atoms with E-state index in [0.717, 1.165) is 11.3 Å². The Labute approximate surface area is 141 Å². The molecule has 0 aliphatic rings. The summed E-state index contributed by atoms with van der Waals surface area (Å²) in [5.41, 5.74) is 1.97. The van der Waals surface area contributed by atoms with Gasteiger partial charge in [0.25, 0.3) is 11.5 Å². The molecular formula is C16H12ClN3O2S. The molecule has 0 aliphatic heterocycles. The number of pyridine rings is 1. The van der Waals surface area contributed by atoms with Crippen molar-refractivity contribution in [2.45, 2.75) is 6.92 Å². The largest absolute Gasteiger partial charge is 0.326 e. The number of nitrogens with one attached hydrogen (secondary N) is 2. The molecule has 2 N–H and O–H groups in total. The van der Waals surface area contributed by atoms with E-state index in [9.17, 15) is 9.59 Å². The topological polar surface area (TPSA) is 74.8 Å². The van der Waals surface area contributed by atoms with Crippen LogP contribution in [0.25, 0.3) is 11.3 Å². The Kier molecular flexibility index (Phi) is 4.27. The summed E-state index contributed by atoms with van der Waals surface area (Å²) in [5.74, 6) is -0.483. The van der Waals surface area contributed by atoms with Crippen molar-refractivity contribution < 1.29 is 4.79 Å². The molecule has 0 unspecified atom stereocenters. The van der Waals surface area contributed by atoms with Crippen molar-refractivity contribution in [3.05, 3.63) is 68.4 Å². The normalized spacial score (nSPS) is 10.5. The van der Waals surface area contributed by atoms with E-state index in [1.807, 2.05) is 17.5 Å². The Balaban J connectivity index is 1.80. The highest BCUT2D eigenvalue weighted by atomic mass is 35.5. The first kappa shape index (κ1) is 15.5. The van der Waals surface area contributed by atoms with E-state index in [1.54, 1.807) is 25.1 Å². The number of anilines is 1. The second-order valence-electron chi connectivity index (χ2n) is 4.88. The molecule has 0 aliphatic carbocycles. The molecule has 2 aromatic heterocycles. The highest BCUT2D eigenvalue weighted by Crippen LogP contribution is 2.26. The highest BCUT2D eigenvalue weighted by Gasteiger charge is 2.13. The number of halogens is 1. The fraction of sp³-hybridized carbons (Fsp3) is 0.0625. The zero-order valence-corrected chi connectivity index (χ0v) is 13.7. The monoisotopic (exact) mass is 345 g/mol. The molecule has 1 aromatic carbocycles. The third kappa shape index (κ3) is 3.49. The van der Waals surface area contributed by atoms with E-state index in [4.69, 9.17) is 11.6 Å². The molecular weight excluding hydrogens is 334 g/mol. The van der Waals surface area contributed by atoms with Crippen molar-refractivity contribution in [2.75, 3.05) is 5.32 Å². The van der Waals surface area contributed by atoms with Gasteiger partial charge in [0.05, 0.1) is 5.69 Å². The third-order valence-electron chi connectivity index (χ3n) is 3.16. The summed E-state index contributed by atoms with van der Waals surface area (Å²) >= 11 is 7.15. The fourth-order valence-electron chi connectivity index (χ4n) is 2.00. The number of hydrogen-bond acceptors (Lipinski definition) is 4. The zero-order chi connectivity index (χ0) is 16.4. The number of benzene rings is 1. The second kappa shape index (κ2) is 6.36. The molecule has 0 saturated heterocycles. The van der Waals surface area contributed by atoms with Crippen LogP contribution in [0.2, 0.25) is 5.02 Å². The van der Waals surface area contributed by atoms with Gasteiger partial charge in [0, 0.05) is 21.7 Å². The number of hydrogen-bond donors (Lipinski definition) is 2. The highest BCUT2D eigenvalue weighted by molar-refractivity contribution is 7.14. The first-order valence-electron chi connectivity index (χ1n) is 6.75. The third-order valence-corrected chi connectivity index (χ3v) is 4.17. The van der Waals surface area contributed by atoms with Gasteiger partial charge in [-0.1, -0.05) is 23.7 Å². The van der Waals surface area contributed by atoms with Crippen LogP contribution in [0.5, 0.6) is 0 Å². The van der Waals surface area contributed by atoms with Gasteiger partial charge in [-0.25, -0.2) is 4.98 Å². The number of thiazole rings is 1. The summed E-state index contributed by atoms with van der Waals surface area (Å²) in [7, 11) is 0. The molecule has 0 bridgehead atoms. The van der Waals surface area contributed by atoms with E-state index in [1.165, 1.54) is 17.4 Å². The number of H-pyrrole nitrogens is 1. The zero-order valence-electron chi connectivity index (χ0n) is 12.1. The van der Waals surface area contributed by atoms with Crippen LogP contribution in [-0.4, -0.2) is 15.9 Å². The Morgan fingerprint density at radius 3 is 2.65 bits per heavy atom. The molecule has 7 heteroatoms. The number of aryl methyl sites for hydroxylation is 1. The van der Waals surface area contributed by atoms with Crippen LogP contribution in [-0.2, 0) is 0 Å². The van der Waals surface area contributed by atoms with Gasteiger partial charge in [-0.2, -0.15) is 0 Å². The van der Waals surface area contributed by atoms with Gasteiger partial charge in [-0.15, -0.1) is 11.3 Å². The Morgan fingerprint density at radius 2 is 1.96 bits per heavy atom. The first-order valence-corrected chi connectivity index (χ1v) is 8.01. The summed E-state index contributed by atoms with van der Waals surface area (Å²) < 4.78 is 0. The molecule has 116 valence electrons. The van der Waals surface area contributed by atoms with Gasteiger partial charge in [0.2, 0.25) is 0 Å². The lowest BCUT2D eigenvalue weighted by Gasteiger charge is -2.01. The lowest BCUT2D eigenvalue weighted by atomic mass is 10.2. The standard InChI is InChI=1S/C16H12ClN3O2S/c1-9-2-7-12(14(21)18-9)15(22)20-16-19-13(8-23-16)10-3-5-11(17)6-4-10/h2-8H,1H3,(H,18,21)(H,19,20,22). The van der Waals surface area contributed by atoms with Crippen LogP contribution < -0.4 is 10.9 Å². The van der Waals surface area contributed by atoms with Crippen molar-refractivity contribution >= 4 is 34.0 Å². The van der Waals surface area contributed by atoms with E-state index >= 15 is 0 Å². The minimum Gasteiger partial charge on any atom is -0.326 e. The Bertz CT molecular complexity index is 916. The average Bonchev–Trinajstić information content (AvgIpc) is 2.96. The molecule has 1 amide bonds. The van der Waals surface area contributed by atoms with Crippen molar-refractivity contribution in [1.29, 1.82) is 0 Å². The maximum absolute atomic E-state index is 12.2. The van der Waals surface area contributed by atoms with Crippen molar-refractivity contribution in [1.82, 2.24) is 9.97 Å². The Hall–Kier alpha value is -2.44. The molecule has 23 heavy (non-hydrogen) atoms. The summed E-state index contributed by atoms with van der Waals surface area (Å²) in [5, 5.41) is 5.55. The number of aromatic nitrogens is 2. The number of aromatic amines is 1. The molecule has 3 aromatic rings. The van der Waals surface area contributed by atoms with Crippen LogP contribution >= 0.6 is 22.9 Å². The van der Waals surface area contributed by atoms with Crippen molar-refractivity contribution in [3.8, 4) is 11.3 Å². The maximum atomic E-state index is 12.2. The molecule has 0 fully saturated rings. The molecule has 2 heterocycles. The number of amides is 1. The minimum absolute atomic E-state index is 0.0545. The van der Waals surface area contributed by atoms with Crippen LogP contribution in [0.15, 0.2) is 46.6 Å². The lowest BCUT2D eigenvalue weighted by Crippen LogP contribution is -2.23. The SMILES string of the molecule is Cc1ccc(C(=O)Nc2nc(-c3ccc(Cl)cc3)cs2)c(=O)[nH]1. The second-order valence-corrected chi connectivity index (χ2v) is 6.18. The van der Waals surface area contributed by atoms with Gasteiger partial charge in [0.15, 0.2) is 5.13 Å². The lowest BCUT2D eigenvalue weighted by molar-refractivity contribution is 0.102. The van der Waals surface area contributed by atoms with Crippen LogP contribution in [0.1, 0.15) is 16.1 Å². The van der Waals surface area contributed by atoms with Gasteiger partial charge in [-0.3, -0.25) is 14.9 Å². The number of nitrogens with zero attached hydrogens (tertiary/aromatic N) is 1. The summed E-state index contributed by atoms with van der Waals surface area (Å²) in [6.07, 6.45) is 0. The molecule has 0 saturated carbocycles. The predicted molar refractivity (Wildman–Crippen MR) is 92.3 cm³/mol. The number of rotatable bonds is 3. The molecule has 0 spiro atoms. The molecule has 3 rings (SSSR count). The molecule has 0 radical (unpaired) electrons. The Morgan fingerprint density at radius 1 is 1.22 bits per heavy atom. The minimum atomic E-state index is -0.483. The number of carbonyl (C=O) groups is 1. The van der Waals surface area contributed by atoms with Crippen LogP contribution in [0.3, 0.4) is 0 Å². The predicted octanol–water partition coefficient (Wildman–Crippen LogP) is 3.71. The van der Waals surface area contributed by atoms with Gasteiger partial charge in [0.1, 0.15) is 5.56 Å². The van der Waals surface area contributed by atoms with Gasteiger partial charge < -0.3 is 4.98 Å². The summed E-state index contributed by atoms with van der Waals surface area (Å²) in [6.45, 7) is 1.75. The summed E-state index contributed by atoms with van der Waals surface area (Å²) in [6, 6.07) is 10.4. The smallest absolute Gasteiger partial charge is 0.263 e. The van der Waals surface area contributed by atoms with Gasteiger partial charge >= 0.3 is 0 Å². The molecule has 5 nitrogen and oxygen atoms in total. The van der Waals surface area contributed by atoms with E-state index in [0.29, 0.717) is 15.8 Å². The molecule has 0 atom stereocenters. The van der Waals surface area contributed by atoms with Gasteiger partial charge in [-0.05, 0) is 31.2 Å².